The van der Waals surface area contributed by atoms with Crippen LogP contribution < -0.4 is 10.6 Å². The van der Waals surface area contributed by atoms with Crippen molar-refractivity contribution in [1.82, 2.24) is 25.5 Å². The first-order chi connectivity index (χ1) is 16.7. The Balaban J connectivity index is 1.67. The number of hydrogen-bond acceptors (Lipinski definition) is 5. The summed E-state index contributed by atoms with van der Waals surface area (Å²) in [7, 11) is 0. The van der Waals surface area contributed by atoms with Crippen molar-refractivity contribution in [2.45, 2.75) is 26.9 Å². The van der Waals surface area contributed by atoms with E-state index in [0.29, 0.717) is 25.2 Å². The molecule has 8 nitrogen and oxygen atoms in total. The molecular formula is C25H27N5O3. The van der Waals surface area contributed by atoms with Gasteiger partial charge in [0.05, 0.1) is 2.74 Å². The topological polar surface area (TPSA) is 104 Å². The maximum atomic E-state index is 12.7. The molecular weight excluding hydrogens is 418 g/mol. The summed E-state index contributed by atoms with van der Waals surface area (Å²) < 4.78 is 16.6. The Kier molecular flexibility index (Phi) is 7.27. The first-order valence-electron chi connectivity index (χ1n) is 11.6. The quantitative estimate of drug-likeness (QED) is 0.525. The van der Waals surface area contributed by atoms with Crippen molar-refractivity contribution in [3.8, 4) is 0 Å². The van der Waals surface area contributed by atoms with Crippen LogP contribution in [0.25, 0.3) is 0 Å². The Labute approximate surface area is 195 Å². The Bertz CT molecular complexity index is 1180. The second-order valence-corrected chi connectivity index (χ2v) is 7.09. The number of carbonyl (C=O) groups is 3. The summed E-state index contributed by atoms with van der Waals surface area (Å²) in [5, 5.41) is 5.00. The van der Waals surface area contributed by atoms with Crippen molar-refractivity contribution < 1.29 is 17.1 Å². The first kappa shape index (κ1) is 20.8. The molecule has 170 valence electrons. The predicted molar refractivity (Wildman–Crippen MR) is 125 cm³/mol. The predicted octanol–water partition coefficient (Wildman–Crippen LogP) is 2.82. The van der Waals surface area contributed by atoms with Gasteiger partial charge in [-0.15, -0.1) is 0 Å². The molecule has 2 N–H and O–H groups in total. The molecule has 0 aliphatic rings. The molecule has 1 heterocycles. The SMILES string of the molecule is [2H]C([2H])(NC(=O)c1cc(C(=O)NCc2ccccc2)ncn1)c1ccc(C(=O)N(CC)CC)cc1. The highest BCUT2D eigenvalue weighted by Gasteiger charge is 2.14. The van der Waals surface area contributed by atoms with Gasteiger partial charge in [0.25, 0.3) is 17.7 Å². The minimum Gasteiger partial charge on any atom is -0.347 e. The fourth-order valence-corrected chi connectivity index (χ4v) is 3.06. The minimum absolute atomic E-state index is 0.0130. The number of nitrogens with zero attached hydrogens (tertiary/aromatic N) is 3. The minimum atomic E-state index is -2.24. The monoisotopic (exact) mass is 447 g/mol. The van der Waals surface area contributed by atoms with Crippen LogP contribution in [0.5, 0.6) is 0 Å². The molecule has 0 radical (unpaired) electrons. The van der Waals surface area contributed by atoms with E-state index in [2.05, 4.69) is 20.6 Å². The van der Waals surface area contributed by atoms with Gasteiger partial charge in [0.1, 0.15) is 17.7 Å². The summed E-state index contributed by atoms with van der Waals surface area (Å²) >= 11 is 0. The lowest BCUT2D eigenvalue weighted by molar-refractivity contribution is 0.0772. The molecule has 1 aromatic heterocycles. The van der Waals surface area contributed by atoms with Crippen molar-refractivity contribution in [2.24, 2.45) is 0 Å². The number of carbonyl (C=O) groups excluding carboxylic acids is 3. The Morgan fingerprint density at radius 2 is 1.45 bits per heavy atom. The number of hydrogen-bond donors (Lipinski definition) is 2. The van der Waals surface area contributed by atoms with Crippen molar-refractivity contribution >= 4 is 17.7 Å². The average Bonchev–Trinajstić information content (AvgIpc) is 2.88. The smallest absolute Gasteiger partial charge is 0.270 e. The van der Waals surface area contributed by atoms with Gasteiger partial charge in [0.15, 0.2) is 0 Å². The highest BCUT2D eigenvalue weighted by molar-refractivity contribution is 5.97. The van der Waals surface area contributed by atoms with E-state index in [-0.39, 0.29) is 22.9 Å². The average molecular weight is 448 g/mol. The van der Waals surface area contributed by atoms with Crippen LogP contribution in [0.4, 0.5) is 0 Å². The fraction of sp³-hybridized carbons (Fsp3) is 0.240. The lowest BCUT2D eigenvalue weighted by Gasteiger charge is -2.18. The third-order valence-electron chi connectivity index (χ3n) is 4.93. The lowest BCUT2D eigenvalue weighted by atomic mass is 10.1. The normalized spacial score (nSPS) is 11.7. The van der Waals surface area contributed by atoms with Gasteiger partial charge >= 0.3 is 0 Å². The second-order valence-electron chi connectivity index (χ2n) is 7.09. The molecule has 0 aliphatic carbocycles. The molecule has 8 heteroatoms. The van der Waals surface area contributed by atoms with Crippen LogP contribution in [-0.2, 0) is 13.0 Å². The number of benzene rings is 2. The summed E-state index contributed by atoms with van der Waals surface area (Å²) in [6.07, 6.45) is 1.08. The molecule has 0 atom stereocenters. The number of amides is 3. The van der Waals surface area contributed by atoms with Crippen molar-refractivity contribution in [2.75, 3.05) is 13.1 Å². The van der Waals surface area contributed by atoms with Crippen molar-refractivity contribution in [1.29, 1.82) is 0 Å². The highest BCUT2D eigenvalue weighted by atomic mass is 16.2. The Morgan fingerprint density at radius 3 is 2.06 bits per heavy atom. The van der Waals surface area contributed by atoms with E-state index in [0.717, 1.165) is 11.9 Å². The molecule has 0 saturated carbocycles. The van der Waals surface area contributed by atoms with E-state index in [1.54, 1.807) is 4.90 Å². The zero-order valence-corrected chi connectivity index (χ0v) is 18.5. The fourth-order valence-electron chi connectivity index (χ4n) is 3.06. The van der Waals surface area contributed by atoms with Crippen LogP contribution in [-0.4, -0.2) is 45.7 Å². The maximum absolute atomic E-state index is 12.7. The number of nitrogens with one attached hydrogen (secondary N) is 2. The van der Waals surface area contributed by atoms with Crippen LogP contribution >= 0.6 is 0 Å². The lowest BCUT2D eigenvalue weighted by Crippen LogP contribution is -2.30. The maximum Gasteiger partial charge on any atom is 0.270 e. The molecule has 0 aliphatic heterocycles. The van der Waals surface area contributed by atoms with Gasteiger partial charge in [0.2, 0.25) is 0 Å². The molecule has 3 amide bonds. The summed E-state index contributed by atoms with van der Waals surface area (Å²) in [6.45, 7) is 2.96. The highest BCUT2D eigenvalue weighted by Crippen LogP contribution is 2.08. The van der Waals surface area contributed by atoms with E-state index >= 15 is 0 Å². The Hall–Kier alpha value is -4.07. The van der Waals surface area contributed by atoms with E-state index in [9.17, 15) is 14.4 Å². The molecule has 0 fully saturated rings. The molecule has 2 aromatic carbocycles. The third-order valence-corrected chi connectivity index (χ3v) is 4.93. The second kappa shape index (κ2) is 11.5. The van der Waals surface area contributed by atoms with Gasteiger partial charge < -0.3 is 15.5 Å². The molecule has 0 bridgehead atoms. The largest absolute Gasteiger partial charge is 0.347 e. The Morgan fingerprint density at radius 1 is 0.848 bits per heavy atom. The van der Waals surface area contributed by atoms with Crippen LogP contribution in [0.1, 0.15) is 59.1 Å². The zero-order chi connectivity index (χ0) is 25.4. The standard InChI is InChI=1S/C25H27N5O3/c1-3-30(4-2)25(33)20-12-10-19(11-13-20)16-27-24(32)22-14-21(28-17-29-22)23(31)26-15-18-8-6-5-7-9-18/h5-14,17H,3-4,15-16H2,1-2H3,(H,26,31)(H,27,32)/i16D2. The summed E-state index contributed by atoms with van der Waals surface area (Å²) in [4.78, 5) is 47.0. The summed E-state index contributed by atoms with van der Waals surface area (Å²) in [5.41, 5.74) is 1.34. The molecule has 33 heavy (non-hydrogen) atoms. The van der Waals surface area contributed by atoms with Crippen molar-refractivity contribution in [3.05, 3.63) is 95.1 Å². The first-order valence-corrected chi connectivity index (χ1v) is 10.6. The third kappa shape index (κ3) is 6.46. The van der Waals surface area contributed by atoms with E-state index in [1.165, 1.54) is 30.3 Å². The zero-order valence-electron chi connectivity index (χ0n) is 20.5. The number of aromatic nitrogens is 2. The summed E-state index contributed by atoms with van der Waals surface area (Å²) in [6, 6.07) is 16.5. The molecule has 0 unspecified atom stereocenters. The van der Waals surface area contributed by atoms with Crippen LogP contribution in [0.2, 0.25) is 0 Å². The van der Waals surface area contributed by atoms with Crippen LogP contribution in [0.15, 0.2) is 67.0 Å². The van der Waals surface area contributed by atoms with E-state index in [1.807, 2.05) is 44.2 Å². The van der Waals surface area contributed by atoms with Crippen LogP contribution in [0.3, 0.4) is 0 Å². The van der Waals surface area contributed by atoms with Crippen LogP contribution in [0, 0.1) is 0 Å². The molecule has 0 spiro atoms. The van der Waals surface area contributed by atoms with Gasteiger partial charge in [-0.25, -0.2) is 9.97 Å². The number of rotatable bonds is 9. The van der Waals surface area contributed by atoms with E-state index in [4.69, 9.17) is 2.74 Å². The van der Waals surface area contributed by atoms with Gasteiger partial charge in [-0.05, 0) is 37.1 Å². The molecule has 3 aromatic rings. The molecule has 0 saturated heterocycles. The van der Waals surface area contributed by atoms with Gasteiger partial charge in [-0.1, -0.05) is 42.5 Å². The van der Waals surface area contributed by atoms with Gasteiger partial charge in [-0.3, -0.25) is 14.4 Å². The van der Waals surface area contributed by atoms with E-state index < -0.39 is 18.3 Å². The molecule has 3 rings (SSSR count). The summed E-state index contributed by atoms with van der Waals surface area (Å²) in [5.74, 6) is -1.44. The van der Waals surface area contributed by atoms with Gasteiger partial charge in [-0.2, -0.15) is 0 Å². The van der Waals surface area contributed by atoms with Crippen molar-refractivity contribution in [3.63, 3.8) is 0 Å². The van der Waals surface area contributed by atoms with Gasteiger partial charge in [0, 0.05) is 37.8 Å².